The average molecular weight is 294 g/mol. The number of rotatable bonds is 2. The van der Waals surface area contributed by atoms with Gasteiger partial charge in [0.15, 0.2) is 0 Å². The molecule has 0 aromatic carbocycles. The number of pyridine rings is 1. The molecule has 8 heteroatoms. The summed E-state index contributed by atoms with van der Waals surface area (Å²) in [4.78, 5) is 8.39. The van der Waals surface area contributed by atoms with Gasteiger partial charge in [-0.15, -0.1) is 0 Å². The molecule has 0 radical (unpaired) electrons. The topological polar surface area (TPSA) is 90.7 Å². The number of nitrogens with two attached hydrogens (primary N) is 1. The molecule has 3 heterocycles. The third-order valence-electron chi connectivity index (χ3n) is 2.50. The van der Waals surface area contributed by atoms with Gasteiger partial charge >= 0.3 is 0 Å². The predicted octanol–water partition coefficient (Wildman–Crippen LogP) is 2.80. The number of aromatic nitrogens is 4. The second-order valence-corrected chi connectivity index (χ2v) is 4.98. The van der Waals surface area contributed by atoms with Gasteiger partial charge in [0.1, 0.15) is 10.7 Å². The Labute approximate surface area is 117 Å². The predicted molar refractivity (Wildman–Crippen MR) is 72.8 cm³/mol. The summed E-state index contributed by atoms with van der Waals surface area (Å²) in [6.07, 6.45) is 1.61. The standard InChI is InChI=1S/C11H8ClN5OS/c1-5-7(9(13)19-17-5)11-15-10(16-18-11)8-6(12)3-2-4-14-8/h2-4H,13H2,1H3. The van der Waals surface area contributed by atoms with Crippen LogP contribution in [0.4, 0.5) is 5.00 Å². The Morgan fingerprint density at radius 2 is 2.26 bits per heavy atom. The first-order chi connectivity index (χ1) is 9.16. The van der Waals surface area contributed by atoms with Gasteiger partial charge in [-0.2, -0.15) is 9.36 Å². The number of hydrogen-bond donors (Lipinski definition) is 1. The molecule has 0 spiro atoms. The van der Waals surface area contributed by atoms with Gasteiger partial charge in [0, 0.05) is 6.20 Å². The van der Waals surface area contributed by atoms with Gasteiger partial charge in [0.25, 0.3) is 5.89 Å². The quantitative estimate of drug-likeness (QED) is 0.781. The van der Waals surface area contributed by atoms with Crippen LogP contribution in [0.1, 0.15) is 5.69 Å². The molecule has 2 N–H and O–H groups in total. The lowest BCUT2D eigenvalue weighted by molar-refractivity contribution is 0.432. The van der Waals surface area contributed by atoms with E-state index in [4.69, 9.17) is 21.9 Å². The van der Waals surface area contributed by atoms with Crippen molar-refractivity contribution in [2.75, 3.05) is 5.73 Å². The van der Waals surface area contributed by atoms with E-state index in [-0.39, 0.29) is 0 Å². The fourth-order valence-electron chi connectivity index (χ4n) is 1.62. The highest BCUT2D eigenvalue weighted by Crippen LogP contribution is 2.32. The number of halogens is 1. The highest BCUT2D eigenvalue weighted by molar-refractivity contribution is 7.10. The normalized spacial score (nSPS) is 10.8. The van der Waals surface area contributed by atoms with Crippen LogP contribution in [0.2, 0.25) is 5.02 Å². The first kappa shape index (κ1) is 12.1. The molecule has 0 atom stereocenters. The van der Waals surface area contributed by atoms with Crippen molar-refractivity contribution in [3.8, 4) is 23.0 Å². The largest absolute Gasteiger partial charge is 0.389 e. The van der Waals surface area contributed by atoms with Gasteiger partial charge in [0.05, 0.1) is 16.3 Å². The van der Waals surface area contributed by atoms with Gasteiger partial charge in [-0.05, 0) is 30.6 Å². The minimum atomic E-state index is 0.320. The molecule has 0 saturated carbocycles. The van der Waals surface area contributed by atoms with Crippen LogP contribution in [0.5, 0.6) is 0 Å². The highest BCUT2D eigenvalue weighted by atomic mass is 35.5. The van der Waals surface area contributed by atoms with Gasteiger partial charge in [-0.3, -0.25) is 4.98 Å². The summed E-state index contributed by atoms with van der Waals surface area (Å²) in [6, 6.07) is 3.45. The number of nitrogen functional groups attached to an aromatic ring is 1. The molecule has 19 heavy (non-hydrogen) atoms. The SMILES string of the molecule is Cc1nsc(N)c1-c1nc(-c2ncccc2Cl)no1. The van der Waals surface area contributed by atoms with Gasteiger partial charge in [-0.1, -0.05) is 16.8 Å². The van der Waals surface area contributed by atoms with Gasteiger partial charge in [-0.25, -0.2) is 0 Å². The van der Waals surface area contributed by atoms with Crippen molar-refractivity contribution < 1.29 is 4.52 Å². The Balaban J connectivity index is 2.08. The molecule has 3 rings (SSSR count). The molecule has 0 aliphatic rings. The smallest absolute Gasteiger partial charge is 0.263 e. The first-order valence-electron chi connectivity index (χ1n) is 5.33. The van der Waals surface area contributed by atoms with Crippen molar-refractivity contribution in [3.05, 3.63) is 29.0 Å². The summed E-state index contributed by atoms with van der Waals surface area (Å²) >= 11 is 7.23. The van der Waals surface area contributed by atoms with Crippen molar-refractivity contribution in [1.29, 1.82) is 0 Å². The number of aryl methyl sites for hydroxylation is 1. The molecule has 96 valence electrons. The van der Waals surface area contributed by atoms with E-state index in [1.807, 2.05) is 6.92 Å². The van der Waals surface area contributed by atoms with E-state index in [0.717, 1.165) is 5.69 Å². The Bertz CT molecular complexity index is 719. The molecule has 6 nitrogen and oxygen atoms in total. The van der Waals surface area contributed by atoms with E-state index in [1.165, 1.54) is 11.5 Å². The molecule has 0 saturated heterocycles. The summed E-state index contributed by atoms with van der Waals surface area (Å²) in [7, 11) is 0. The Hall–Kier alpha value is -1.99. The summed E-state index contributed by atoms with van der Waals surface area (Å²) in [5.74, 6) is 0.645. The van der Waals surface area contributed by atoms with Crippen LogP contribution in [0.3, 0.4) is 0 Å². The maximum Gasteiger partial charge on any atom is 0.263 e. The van der Waals surface area contributed by atoms with Crippen LogP contribution >= 0.6 is 23.1 Å². The zero-order valence-electron chi connectivity index (χ0n) is 9.79. The molecule has 0 fully saturated rings. The monoisotopic (exact) mass is 293 g/mol. The zero-order valence-corrected chi connectivity index (χ0v) is 11.4. The zero-order chi connectivity index (χ0) is 13.4. The average Bonchev–Trinajstić information content (AvgIpc) is 2.97. The second kappa shape index (κ2) is 4.60. The fraction of sp³-hybridized carbons (Fsp3) is 0.0909. The van der Waals surface area contributed by atoms with Crippen LogP contribution in [0, 0.1) is 6.92 Å². The van der Waals surface area contributed by atoms with E-state index >= 15 is 0 Å². The van der Waals surface area contributed by atoms with E-state index in [0.29, 0.717) is 33.0 Å². The van der Waals surface area contributed by atoms with E-state index in [1.54, 1.807) is 18.3 Å². The lowest BCUT2D eigenvalue weighted by Crippen LogP contribution is -1.88. The van der Waals surface area contributed by atoms with Crippen molar-refractivity contribution in [1.82, 2.24) is 19.5 Å². The molecule has 3 aromatic rings. The van der Waals surface area contributed by atoms with Crippen LogP contribution in [-0.4, -0.2) is 19.5 Å². The van der Waals surface area contributed by atoms with E-state index in [2.05, 4.69) is 19.5 Å². The maximum atomic E-state index is 6.04. The van der Waals surface area contributed by atoms with Crippen molar-refractivity contribution in [2.24, 2.45) is 0 Å². The fourth-order valence-corrected chi connectivity index (χ4v) is 2.48. The lowest BCUT2D eigenvalue weighted by atomic mass is 10.2. The van der Waals surface area contributed by atoms with Gasteiger partial charge < -0.3 is 10.3 Å². The number of hydrogen-bond acceptors (Lipinski definition) is 7. The molecular formula is C11H8ClN5OS. The number of anilines is 1. The maximum absolute atomic E-state index is 6.04. The molecule has 0 amide bonds. The minimum Gasteiger partial charge on any atom is -0.389 e. The molecule has 0 aliphatic heterocycles. The number of nitrogens with zero attached hydrogens (tertiary/aromatic N) is 4. The third kappa shape index (κ3) is 2.06. The molecule has 0 bridgehead atoms. The van der Waals surface area contributed by atoms with Crippen LogP contribution < -0.4 is 5.73 Å². The molecule has 0 aliphatic carbocycles. The van der Waals surface area contributed by atoms with Crippen LogP contribution in [0.15, 0.2) is 22.9 Å². The van der Waals surface area contributed by atoms with Crippen molar-refractivity contribution in [2.45, 2.75) is 6.92 Å². The summed E-state index contributed by atoms with van der Waals surface area (Å²) in [5.41, 5.74) is 7.73. The van der Waals surface area contributed by atoms with Crippen molar-refractivity contribution >= 4 is 28.1 Å². The molecule has 3 aromatic heterocycles. The van der Waals surface area contributed by atoms with Gasteiger partial charge in [0.2, 0.25) is 5.82 Å². The summed E-state index contributed by atoms with van der Waals surface area (Å²) in [6.45, 7) is 1.83. The Morgan fingerprint density at radius 1 is 1.42 bits per heavy atom. The third-order valence-corrected chi connectivity index (χ3v) is 3.57. The highest BCUT2D eigenvalue weighted by Gasteiger charge is 2.19. The molecule has 0 unspecified atom stereocenters. The van der Waals surface area contributed by atoms with E-state index < -0.39 is 0 Å². The molecular weight excluding hydrogens is 286 g/mol. The Morgan fingerprint density at radius 3 is 2.95 bits per heavy atom. The summed E-state index contributed by atoms with van der Waals surface area (Å²) < 4.78 is 9.35. The van der Waals surface area contributed by atoms with E-state index in [9.17, 15) is 0 Å². The Kier molecular flexibility index (Phi) is 2.92. The second-order valence-electron chi connectivity index (χ2n) is 3.76. The van der Waals surface area contributed by atoms with Crippen molar-refractivity contribution in [3.63, 3.8) is 0 Å². The summed E-state index contributed by atoms with van der Waals surface area (Å²) in [5, 5.41) is 4.88. The minimum absolute atomic E-state index is 0.320. The first-order valence-corrected chi connectivity index (χ1v) is 6.48. The van der Waals surface area contributed by atoms with Crippen LogP contribution in [-0.2, 0) is 0 Å². The van der Waals surface area contributed by atoms with Crippen LogP contribution in [0.25, 0.3) is 23.0 Å². The lowest BCUT2D eigenvalue weighted by Gasteiger charge is -1.95.